The van der Waals surface area contributed by atoms with Crippen LogP contribution in [0.15, 0.2) is 41.6 Å². The Hall–Kier alpha value is -2.59. The van der Waals surface area contributed by atoms with Crippen molar-refractivity contribution in [2.24, 2.45) is 5.73 Å². The van der Waals surface area contributed by atoms with Gasteiger partial charge in [0.25, 0.3) is 11.4 Å². The molecule has 0 atom stereocenters. The molecule has 0 aliphatic carbocycles. The van der Waals surface area contributed by atoms with Gasteiger partial charge >= 0.3 is 0 Å². The van der Waals surface area contributed by atoms with E-state index in [1.54, 1.807) is 18.3 Å². The van der Waals surface area contributed by atoms with E-state index in [4.69, 9.17) is 18.0 Å². The Morgan fingerprint density at radius 1 is 1.22 bits per heavy atom. The fourth-order valence-corrected chi connectivity index (χ4v) is 2.77. The third-order valence-electron chi connectivity index (χ3n) is 2.87. The molecule has 0 spiro atoms. The van der Waals surface area contributed by atoms with Gasteiger partial charge in [0.2, 0.25) is 0 Å². The van der Waals surface area contributed by atoms with Gasteiger partial charge in [0.1, 0.15) is 4.99 Å². The number of benzene rings is 1. The molecule has 0 saturated carbocycles. The van der Waals surface area contributed by atoms with E-state index < -0.39 is 9.85 Å². The van der Waals surface area contributed by atoms with Crippen LogP contribution in [0.2, 0.25) is 0 Å². The van der Waals surface area contributed by atoms with Gasteiger partial charge in [0, 0.05) is 29.1 Å². The Kier molecular flexibility index (Phi) is 5.19. The van der Waals surface area contributed by atoms with E-state index in [-0.39, 0.29) is 22.1 Å². The molecule has 1 aromatic heterocycles. The average Bonchev–Trinajstić information content (AvgIpc) is 2.52. The molecule has 0 bridgehead atoms. The second-order valence-electron chi connectivity index (χ2n) is 4.36. The van der Waals surface area contributed by atoms with Crippen LogP contribution in [0, 0.1) is 20.2 Å². The van der Waals surface area contributed by atoms with E-state index in [1.807, 2.05) is 0 Å². The van der Waals surface area contributed by atoms with Crippen molar-refractivity contribution in [2.75, 3.05) is 0 Å². The van der Waals surface area contributed by atoms with Gasteiger partial charge < -0.3 is 5.73 Å². The summed E-state index contributed by atoms with van der Waals surface area (Å²) in [5, 5.41) is 22.4. The van der Waals surface area contributed by atoms with Crippen LogP contribution in [0.1, 0.15) is 11.1 Å². The Balaban J connectivity index is 2.23. The molecule has 23 heavy (non-hydrogen) atoms. The number of nitrogens with zero attached hydrogens (tertiary/aromatic N) is 3. The Morgan fingerprint density at radius 2 is 1.96 bits per heavy atom. The van der Waals surface area contributed by atoms with Crippen molar-refractivity contribution < 1.29 is 9.85 Å². The molecular formula is C13H10N4O4S2. The summed E-state index contributed by atoms with van der Waals surface area (Å²) in [5.41, 5.74) is 5.94. The molecule has 0 amide bonds. The molecule has 118 valence electrons. The molecule has 1 heterocycles. The average molecular weight is 350 g/mol. The van der Waals surface area contributed by atoms with Gasteiger partial charge in [0.15, 0.2) is 0 Å². The van der Waals surface area contributed by atoms with E-state index >= 15 is 0 Å². The van der Waals surface area contributed by atoms with Crippen LogP contribution in [0.4, 0.5) is 11.4 Å². The summed E-state index contributed by atoms with van der Waals surface area (Å²) >= 11 is 6.13. The van der Waals surface area contributed by atoms with Crippen molar-refractivity contribution in [3.63, 3.8) is 0 Å². The predicted molar refractivity (Wildman–Crippen MR) is 89.4 cm³/mol. The zero-order chi connectivity index (χ0) is 17.0. The summed E-state index contributed by atoms with van der Waals surface area (Å²) in [6.45, 7) is 0. The van der Waals surface area contributed by atoms with E-state index in [9.17, 15) is 20.2 Å². The highest BCUT2D eigenvalue weighted by Crippen LogP contribution is 2.30. The Labute approximate surface area is 140 Å². The minimum absolute atomic E-state index is 0.232. The number of hydrogen-bond acceptors (Lipinski definition) is 7. The number of thiocarbonyl (C=S) groups is 1. The molecule has 0 aliphatic rings. The zero-order valence-electron chi connectivity index (χ0n) is 11.5. The fraction of sp³-hybridized carbons (Fsp3) is 0.0769. The van der Waals surface area contributed by atoms with Gasteiger partial charge in [-0.1, -0.05) is 12.2 Å². The first-order chi connectivity index (χ1) is 10.9. The maximum atomic E-state index is 11.1. The second kappa shape index (κ2) is 7.11. The SMILES string of the molecule is NC(=S)c1ccnc(SCc2ccc([N+](=O)[O-])cc2[N+](=O)[O-])c1. The number of nitro groups is 2. The summed E-state index contributed by atoms with van der Waals surface area (Å²) in [6.07, 6.45) is 1.54. The van der Waals surface area contributed by atoms with Gasteiger partial charge in [0.05, 0.1) is 20.9 Å². The topological polar surface area (TPSA) is 125 Å². The zero-order valence-corrected chi connectivity index (χ0v) is 13.2. The number of thioether (sulfide) groups is 1. The highest BCUT2D eigenvalue weighted by Gasteiger charge is 2.19. The Bertz CT molecular complexity index is 797. The molecule has 10 heteroatoms. The van der Waals surface area contributed by atoms with E-state index in [0.717, 1.165) is 6.07 Å². The summed E-state index contributed by atoms with van der Waals surface area (Å²) < 4.78 is 0. The largest absolute Gasteiger partial charge is 0.389 e. The molecular weight excluding hydrogens is 340 g/mol. The minimum Gasteiger partial charge on any atom is -0.389 e. The number of nitrogens with two attached hydrogens (primary N) is 1. The van der Waals surface area contributed by atoms with Gasteiger partial charge in [-0.25, -0.2) is 4.98 Å². The normalized spacial score (nSPS) is 10.3. The van der Waals surface area contributed by atoms with E-state index in [0.29, 0.717) is 16.2 Å². The highest BCUT2D eigenvalue weighted by atomic mass is 32.2. The molecule has 0 radical (unpaired) electrons. The lowest BCUT2D eigenvalue weighted by atomic mass is 10.2. The highest BCUT2D eigenvalue weighted by molar-refractivity contribution is 7.98. The standard InChI is InChI=1S/C13H10N4O4S2/c14-13(22)8-3-4-15-12(5-8)23-7-9-1-2-10(16(18)19)6-11(9)17(20)21/h1-6H,7H2,(H2,14,22). The molecule has 2 aromatic rings. The second-order valence-corrected chi connectivity index (χ2v) is 5.80. The van der Waals surface area contributed by atoms with Crippen LogP contribution in [0.5, 0.6) is 0 Å². The van der Waals surface area contributed by atoms with Crippen molar-refractivity contribution >= 4 is 40.3 Å². The van der Waals surface area contributed by atoms with Gasteiger partial charge in [-0.05, 0) is 18.2 Å². The molecule has 0 fully saturated rings. The third kappa shape index (κ3) is 4.20. The van der Waals surface area contributed by atoms with Gasteiger partial charge in [-0.3, -0.25) is 20.2 Å². The van der Waals surface area contributed by atoms with Crippen molar-refractivity contribution in [2.45, 2.75) is 10.8 Å². The molecule has 8 nitrogen and oxygen atoms in total. The number of non-ortho nitro benzene ring substituents is 1. The fourth-order valence-electron chi connectivity index (χ4n) is 1.75. The minimum atomic E-state index is -0.669. The molecule has 0 unspecified atom stereocenters. The van der Waals surface area contributed by atoms with Crippen molar-refractivity contribution in [3.05, 3.63) is 67.9 Å². The summed E-state index contributed by atoms with van der Waals surface area (Å²) in [5.74, 6) is 0.238. The number of aromatic nitrogens is 1. The third-order valence-corrected chi connectivity index (χ3v) is 4.08. The lowest BCUT2D eigenvalue weighted by Crippen LogP contribution is -2.09. The quantitative estimate of drug-likeness (QED) is 0.365. The number of pyridine rings is 1. The first kappa shape index (κ1) is 16.8. The monoisotopic (exact) mass is 350 g/mol. The maximum absolute atomic E-state index is 11.1. The maximum Gasteiger partial charge on any atom is 0.280 e. The number of hydrogen-bond donors (Lipinski definition) is 1. The summed E-state index contributed by atoms with van der Waals surface area (Å²) in [4.78, 5) is 24.8. The molecule has 1 aromatic carbocycles. The molecule has 2 N–H and O–H groups in total. The van der Waals surface area contributed by atoms with E-state index in [1.165, 1.54) is 23.9 Å². The molecule has 2 rings (SSSR count). The smallest absolute Gasteiger partial charge is 0.280 e. The lowest BCUT2D eigenvalue weighted by molar-refractivity contribution is -0.394. The Morgan fingerprint density at radius 3 is 2.57 bits per heavy atom. The lowest BCUT2D eigenvalue weighted by Gasteiger charge is -2.04. The van der Waals surface area contributed by atoms with Gasteiger partial charge in [-0.2, -0.15) is 0 Å². The van der Waals surface area contributed by atoms with Crippen molar-refractivity contribution in [1.82, 2.24) is 4.98 Å². The van der Waals surface area contributed by atoms with Crippen molar-refractivity contribution in [1.29, 1.82) is 0 Å². The first-order valence-corrected chi connectivity index (χ1v) is 7.58. The summed E-state index contributed by atoms with van der Waals surface area (Å²) in [7, 11) is 0. The number of rotatable bonds is 6. The van der Waals surface area contributed by atoms with Gasteiger partial charge in [-0.15, -0.1) is 11.8 Å². The number of nitro benzene ring substituents is 2. The van der Waals surface area contributed by atoms with Crippen molar-refractivity contribution in [3.8, 4) is 0 Å². The molecule has 0 saturated heterocycles. The van der Waals surface area contributed by atoms with Crippen LogP contribution in [0.3, 0.4) is 0 Å². The summed E-state index contributed by atoms with van der Waals surface area (Å²) in [6, 6.07) is 6.92. The predicted octanol–water partition coefficient (Wildman–Crippen LogP) is 2.82. The first-order valence-electron chi connectivity index (χ1n) is 6.19. The van der Waals surface area contributed by atoms with Crippen LogP contribution in [0.25, 0.3) is 0 Å². The van der Waals surface area contributed by atoms with Crippen LogP contribution in [-0.4, -0.2) is 19.8 Å². The van der Waals surface area contributed by atoms with Crippen LogP contribution in [-0.2, 0) is 5.75 Å². The van der Waals surface area contributed by atoms with Crippen LogP contribution >= 0.6 is 24.0 Å². The van der Waals surface area contributed by atoms with Crippen LogP contribution < -0.4 is 5.73 Å². The molecule has 0 aliphatic heterocycles. The van der Waals surface area contributed by atoms with E-state index in [2.05, 4.69) is 4.98 Å².